The van der Waals surface area contributed by atoms with Gasteiger partial charge in [-0.25, -0.2) is 0 Å². The van der Waals surface area contributed by atoms with Gasteiger partial charge in [-0.15, -0.1) is 0 Å². The third-order valence-corrected chi connectivity index (χ3v) is 5.75. The molecule has 3 aliphatic rings. The van der Waals surface area contributed by atoms with Crippen molar-refractivity contribution in [3.63, 3.8) is 0 Å². The molecule has 1 amide bonds. The summed E-state index contributed by atoms with van der Waals surface area (Å²) < 4.78 is 0. The van der Waals surface area contributed by atoms with E-state index in [-0.39, 0.29) is 5.92 Å². The number of nitrogens with zero attached hydrogens (tertiary/aromatic N) is 1. The van der Waals surface area contributed by atoms with Gasteiger partial charge in [-0.1, -0.05) is 20.3 Å². The highest BCUT2D eigenvalue weighted by molar-refractivity contribution is 5.80. The molecule has 0 radical (unpaired) electrons. The molecule has 3 heteroatoms. The lowest BCUT2D eigenvalue weighted by molar-refractivity contribution is -0.138. The lowest BCUT2D eigenvalue weighted by atomic mass is 9.77. The van der Waals surface area contributed by atoms with E-state index in [0.29, 0.717) is 23.4 Å². The highest BCUT2D eigenvalue weighted by Crippen LogP contribution is 2.37. The summed E-state index contributed by atoms with van der Waals surface area (Å²) in [6.45, 7) is 6.61. The number of likely N-dealkylation sites (tertiary alicyclic amines) is 1. The largest absolute Gasteiger partial charge is 0.342 e. The normalized spacial score (nSPS) is 38.1. The molecule has 0 saturated carbocycles. The Kier molecular flexibility index (Phi) is 3.13. The van der Waals surface area contributed by atoms with Gasteiger partial charge in [-0.2, -0.15) is 0 Å². The highest BCUT2D eigenvalue weighted by Gasteiger charge is 2.44. The quantitative estimate of drug-likeness (QED) is 0.814. The summed E-state index contributed by atoms with van der Waals surface area (Å²) >= 11 is 0. The number of amides is 1. The summed E-state index contributed by atoms with van der Waals surface area (Å²) in [7, 11) is 0. The first-order valence-corrected chi connectivity index (χ1v) is 7.66. The molecule has 1 N–H and O–H groups in total. The van der Waals surface area contributed by atoms with Crippen LogP contribution in [0.1, 0.15) is 52.4 Å². The van der Waals surface area contributed by atoms with Crippen LogP contribution in [0.15, 0.2) is 0 Å². The molecule has 3 atom stereocenters. The summed E-state index contributed by atoms with van der Waals surface area (Å²) in [6, 6.07) is 1.12. The monoisotopic (exact) mass is 250 g/mol. The molecular weight excluding hydrogens is 224 g/mol. The third kappa shape index (κ3) is 2.07. The number of carbonyl (C=O) groups is 1. The zero-order chi connectivity index (χ0) is 12.8. The smallest absolute Gasteiger partial charge is 0.227 e. The van der Waals surface area contributed by atoms with Crippen molar-refractivity contribution in [1.82, 2.24) is 10.2 Å². The summed E-state index contributed by atoms with van der Waals surface area (Å²) in [5.41, 5.74) is 0.476. The van der Waals surface area contributed by atoms with Crippen molar-refractivity contribution in [3.05, 3.63) is 0 Å². The first kappa shape index (κ1) is 12.5. The van der Waals surface area contributed by atoms with Gasteiger partial charge in [0.05, 0.1) is 5.92 Å². The van der Waals surface area contributed by atoms with E-state index in [1.54, 1.807) is 0 Å². The molecule has 3 rings (SSSR count). The second kappa shape index (κ2) is 4.52. The number of piperidine rings is 1. The average Bonchev–Trinajstić information content (AvgIpc) is 3.01. The van der Waals surface area contributed by atoms with Gasteiger partial charge in [0.1, 0.15) is 0 Å². The van der Waals surface area contributed by atoms with Crippen LogP contribution in [0.2, 0.25) is 0 Å². The van der Waals surface area contributed by atoms with Gasteiger partial charge in [0.15, 0.2) is 0 Å². The van der Waals surface area contributed by atoms with Crippen molar-refractivity contribution < 1.29 is 4.79 Å². The predicted octanol–water partition coefficient (Wildman–Crippen LogP) is 2.17. The Bertz CT molecular complexity index is 333. The minimum Gasteiger partial charge on any atom is -0.342 e. The zero-order valence-electron chi connectivity index (χ0n) is 11.7. The SMILES string of the molecule is CCC1(C)CCN(C(=O)C2CC3CCC2N3)CC1. The second-order valence-corrected chi connectivity index (χ2v) is 6.88. The van der Waals surface area contributed by atoms with E-state index < -0.39 is 0 Å². The van der Waals surface area contributed by atoms with Crippen LogP contribution < -0.4 is 5.32 Å². The minimum absolute atomic E-state index is 0.287. The Morgan fingerprint density at radius 2 is 2.06 bits per heavy atom. The van der Waals surface area contributed by atoms with Gasteiger partial charge in [0, 0.05) is 25.2 Å². The molecule has 0 spiro atoms. The molecule has 0 aromatic carbocycles. The van der Waals surface area contributed by atoms with Gasteiger partial charge in [0.25, 0.3) is 0 Å². The van der Waals surface area contributed by atoms with Crippen LogP contribution in [-0.4, -0.2) is 36.0 Å². The molecule has 0 aromatic heterocycles. The van der Waals surface area contributed by atoms with Gasteiger partial charge in [-0.05, 0) is 37.5 Å². The van der Waals surface area contributed by atoms with Crippen LogP contribution in [0.5, 0.6) is 0 Å². The Morgan fingerprint density at radius 3 is 2.56 bits per heavy atom. The van der Waals surface area contributed by atoms with Crippen LogP contribution in [0.3, 0.4) is 0 Å². The molecule has 2 bridgehead atoms. The van der Waals surface area contributed by atoms with Gasteiger partial charge in [0.2, 0.25) is 5.91 Å². The highest BCUT2D eigenvalue weighted by atomic mass is 16.2. The van der Waals surface area contributed by atoms with E-state index in [1.165, 1.54) is 32.1 Å². The fraction of sp³-hybridized carbons (Fsp3) is 0.933. The topological polar surface area (TPSA) is 32.3 Å². The number of nitrogens with one attached hydrogen (secondary N) is 1. The number of carbonyl (C=O) groups excluding carboxylic acids is 1. The molecule has 3 saturated heterocycles. The lowest BCUT2D eigenvalue weighted by Gasteiger charge is -2.40. The second-order valence-electron chi connectivity index (χ2n) is 6.88. The van der Waals surface area contributed by atoms with Gasteiger partial charge in [-0.3, -0.25) is 4.79 Å². The molecule has 3 fully saturated rings. The fourth-order valence-electron chi connectivity index (χ4n) is 3.95. The first-order valence-electron chi connectivity index (χ1n) is 7.66. The van der Waals surface area contributed by atoms with Crippen molar-refractivity contribution in [2.24, 2.45) is 11.3 Å². The molecule has 3 heterocycles. The summed E-state index contributed by atoms with van der Waals surface area (Å²) in [6.07, 6.45) is 7.19. The summed E-state index contributed by atoms with van der Waals surface area (Å²) in [5.74, 6) is 0.725. The fourth-order valence-corrected chi connectivity index (χ4v) is 3.95. The Labute approximate surface area is 110 Å². The molecule has 3 unspecified atom stereocenters. The van der Waals surface area contributed by atoms with Crippen LogP contribution in [-0.2, 0) is 4.79 Å². The van der Waals surface area contributed by atoms with Crippen molar-refractivity contribution in [2.45, 2.75) is 64.5 Å². The molecule has 0 aromatic rings. The molecule has 0 aliphatic carbocycles. The molecular formula is C15H26N2O. The van der Waals surface area contributed by atoms with Crippen molar-refractivity contribution in [3.8, 4) is 0 Å². The minimum atomic E-state index is 0.287. The Balaban J connectivity index is 1.58. The summed E-state index contributed by atoms with van der Waals surface area (Å²) in [4.78, 5) is 14.7. The Hall–Kier alpha value is -0.570. The maximum atomic E-state index is 12.6. The first-order chi connectivity index (χ1) is 8.61. The zero-order valence-corrected chi connectivity index (χ0v) is 11.7. The third-order valence-electron chi connectivity index (χ3n) is 5.75. The van der Waals surface area contributed by atoms with E-state index in [9.17, 15) is 4.79 Å². The number of hydrogen-bond donors (Lipinski definition) is 1. The number of rotatable bonds is 2. The average molecular weight is 250 g/mol. The number of fused-ring (bicyclic) bond motifs is 2. The molecule has 3 nitrogen and oxygen atoms in total. The van der Waals surface area contributed by atoms with Crippen LogP contribution >= 0.6 is 0 Å². The van der Waals surface area contributed by atoms with E-state index in [1.807, 2.05) is 0 Å². The standard InChI is InChI=1S/C15H26N2O/c1-3-15(2)6-8-17(9-7-15)14(18)12-10-11-4-5-13(12)16-11/h11-13,16H,3-10H2,1-2H3. The van der Waals surface area contributed by atoms with Crippen molar-refractivity contribution in [1.29, 1.82) is 0 Å². The van der Waals surface area contributed by atoms with Crippen molar-refractivity contribution >= 4 is 5.91 Å². The predicted molar refractivity (Wildman–Crippen MR) is 72.3 cm³/mol. The van der Waals surface area contributed by atoms with Gasteiger partial charge >= 0.3 is 0 Å². The lowest BCUT2D eigenvalue weighted by Crippen LogP contribution is -2.46. The van der Waals surface area contributed by atoms with E-state index in [4.69, 9.17) is 0 Å². The maximum absolute atomic E-state index is 12.6. The van der Waals surface area contributed by atoms with Crippen LogP contribution in [0, 0.1) is 11.3 Å². The number of hydrogen-bond acceptors (Lipinski definition) is 2. The van der Waals surface area contributed by atoms with E-state index >= 15 is 0 Å². The van der Waals surface area contributed by atoms with Gasteiger partial charge < -0.3 is 10.2 Å². The Morgan fingerprint density at radius 1 is 1.33 bits per heavy atom. The molecule has 18 heavy (non-hydrogen) atoms. The van der Waals surface area contributed by atoms with Crippen molar-refractivity contribution in [2.75, 3.05) is 13.1 Å². The van der Waals surface area contributed by atoms with E-state index in [2.05, 4.69) is 24.1 Å². The summed E-state index contributed by atoms with van der Waals surface area (Å²) in [5, 5.41) is 3.58. The van der Waals surface area contributed by atoms with E-state index in [0.717, 1.165) is 19.5 Å². The molecule has 102 valence electrons. The van der Waals surface area contributed by atoms with Crippen LogP contribution in [0.4, 0.5) is 0 Å². The molecule has 3 aliphatic heterocycles. The van der Waals surface area contributed by atoms with Crippen LogP contribution in [0.25, 0.3) is 0 Å². The maximum Gasteiger partial charge on any atom is 0.227 e.